The van der Waals surface area contributed by atoms with Gasteiger partial charge in [-0.15, -0.1) is 0 Å². The molecule has 1 N–H and O–H groups in total. The highest BCUT2D eigenvalue weighted by Gasteiger charge is 2.20. The zero-order chi connectivity index (χ0) is 14.9. The lowest BCUT2D eigenvalue weighted by Gasteiger charge is -2.20. The number of rotatable bonds is 3. The van der Waals surface area contributed by atoms with Gasteiger partial charge in [0.15, 0.2) is 0 Å². The van der Waals surface area contributed by atoms with Crippen molar-refractivity contribution in [1.29, 1.82) is 0 Å². The maximum absolute atomic E-state index is 12.5. The number of sulfonamides is 1. The Hall–Kier alpha value is -2.01. The van der Waals surface area contributed by atoms with Crippen LogP contribution < -0.4 is 9.46 Å². The van der Waals surface area contributed by atoms with E-state index in [1.165, 1.54) is 0 Å². The van der Waals surface area contributed by atoms with Crippen molar-refractivity contribution in [1.82, 2.24) is 0 Å². The van der Waals surface area contributed by atoms with Crippen molar-refractivity contribution in [3.05, 3.63) is 53.6 Å². The van der Waals surface area contributed by atoms with E-state index in [2.05, 4.69) is 4.72 Å². The maximum atomic E-state index is 12.5. The molecule has 3 rings (SSSR count). The maximum Gasteiger partial charge on any atom is 0.262 e. The molecule has 0 saturated carbocycles. The van der Waals surface area contributed by atoms with Gasteiger partial charge in [-0.3, -0.25) is 4.72 Å². The van der Waals surface area contributed by atoms with Gasteiger partial charge in [0.05, 0.1) is 17.2 Å². The third kappa shape index (κ3) is 2.88. The van der Waals surface area contributed by atoms with Gasteiger partial charge < -0.3 is 4.74 Å². The normalized spacial score (nSPS) is 14.1. The Labute approximate surface area is 124 Å². The van der Waals surface area contributed by atoms with Crippen LogP contribution in [0.4, 0.5) is 5.69 Å². The van der Waals surface area contributed by atoms with E-state index in [-0.39, 0.29) is 4.90 Å². The lowest BCUT2D eigenvalue weighted by molar-refractivity contribution is 0.290. The van der Waals surface area contributed by atoms with Crippen LogP contribution in [0.1, 0.15) is 17.5 Å². The lowest BCUT2D eigenvalue weighted by Crippen LogP contribution is -2.16. The number of nitrogens with one attached hydrogen (secondary N) is 1. The Balaban J connectivity index is 1.96. The highest BCUT2D eigenvalue weighted by Crippen LogP contribution is 2.34. The van der Waals surface area contributed by atoms with Crippen LogP contribution in [0.2, 0.25) is 0 Å². The summed E-state index contributed by atoms with van der Waals surface area (Å²) in [5.74, 6) is 0.653. The van der Waals surface area contributed by atoms with Gasteiger partial charge in [0, 0.05) is 0 Å². The summed E-state index contributed by atoms with van der Waals surface area (Å²) in [6.45, 7) is 2.49. The van der Waals surface area contributed by atoms with E-state index < -0.39 is 10.0 Å². The summed E-state index contributed by atoms with van der Waals surface area (Å²) in [4.78, 5) is 0.260. The van der Waals surface area contributed by atoms with E-state index >= 15 is 0 Å². The molecule has 0 aromatic heterocycles. The van der Waals surface area contributed by atoms with Crippen molar-refractivity contribution < 1.29 is 13.2 Å². The first-order chi connectivity index (χ1) is 10.1. The molecule has 1 heterocycles. The molecule has 0 aliphatic carbocycles. The SMILES string of the molecule is Cc1cccc(S(=O)(=O)Nc2cccc3c2OCCC3)c1. The number of fused-ring (bicyclic) bond motifs is 1. The molecule has 0 atom stereocenters. The Morgan fingerprint density at radius 1 is 1.14 bits per heavy atom. The van der Waals surface area contributed by atoms with Crippen LogP contribution >= 0.6 is 0 Å². The lowest BCUT2D eigenvalue weighted by atomic mass is 10.1. The first-order valence-corrected chi connectivity index (χ1v) is 8.39. The molecule has 2 aromatic carbocycles. The third-order valence-corrected chi connectivity index (χ3v) is 4.84. The molecule has 21 heavy (non-hydrogen) atoms. The van der Waals surface area contributed by atoms with Crippen LogP contribution in [0.5, 0.6) is 5.75 Å². The molecule has 0 radical (unpaired) electrons. The van der Waals surface area contributed by atoms with Crippen molar-refractivity contribution >= 4 is 15.7 Å². The second-order valence-electron chi connectivity index (χ2n) is 5.17. The van der Waals surface area contributed by atoms with Gasteiger partial charge in [0.25, 0.3) is 10.0 Å². The van der Waals surface area contributed by atoms with Crippen LogP contribution in [0.3, 0.4) is 0 Å². The zero-order valence-corrected chi connectivity index (χ0v) is 12.6. The predicted molar refractivity (Wildman–Crippen MR) is 82.2 cm³/mol. The molecule has 5 heteroatoms. The molecule has 2 aromatic rings. The van der Waals surface area contributed by atoms with Gasteiger partial charge in [-0.25, -0.2) is 8.42 Å². The summed E-state index contributed by atoms with van der Waals surface area (Å²) in [6, 6.07) is 12.4. The average Bonchev–Trinajstić information content (AvgIpc) is 2.47. The second-order valence-corrected chi connectivity index (χ2v) is 6.85. The number of aryl methyl sites for hydroxylation is 2. The van der Waals surface area contributed by atoms with Crippen molar-refractivity contribution in [3.63, 3.8) is 0 Å². The van der Waals surface area contributed by atoms with Crippen molar-refractivity contribution in [3.8, 4) is 5.75 Å². The number of anilines is 1. The number of ether oxygens (including phenoxy) is 1. The number of benzene rings is 2. The van der Waals surface area contributed by atoms with Crippen molar-refractivity contribution in [2.45, 2.75) is 24.7 Å². The van der Waals surface area contributed by atoms with E-state index in [0.717, 1.165) is 24.0 Å². The summed E-state index contributed by atoms with van der Waals surface area (Å²) < 4.78 is 33.2. The molecule has 0 spiro atoms. The summed E-state index contributed by atoms with van der Waals surface area (Å²) in [5, 5.41) is 0. The highest BCUT2D eigenvalue weighted by atomic mass is 32.2. The molecule has 0 unspecified atom stereocenters. The summed E-state index contributed by atoms with van der Waals surface area (Å²) in [6.07, 6.45) is 1.87. The number of hydrogen-bond donors (Lipinski definition) is 1. The fourth-order valence-corrected chi connectivity index (χ4v) is 3.62. The molecular weight excluding hydrogens is 286 g/mol. The topological polar surface area (TPSA) is 55.4 Å². The molecule has 110 valence electrons. The van der Waals surface area contributed by atoms with E-state index in [9.17, 15) is 8.42 Å². The molecule has 0 amide bonds. The van der Waals surface area contributed by atoms with Gasteiger partial charge in [-0.05, 0) is 49.1 Å². The first-order valence-electron chi connectivity index (χ1n) is 6.90. The minimum absolute atomic E-state index is 0.260. The van der Waals surface area contributed by atoms with E-state index in [0.29, 0.717) is 18.0 Å². The van der Waals surface area contributed by atoms with Gasteiger partial charge in [0.2, 0.25) is 0 Å². The smallest absolute Gasteiger partial charge is 0.262 e. The Morgan fingerprint density at radius 2 is 1.95 bits per heavy atom. The van der Waals surface area contributed by atoms with Crippen LogP contribution in [0, 0.1) is 6.92 Å². The van der Waals surface area contributed by atoms with E-state index in [4.69, 9.17) is 4.74 Å². The number of hydrogen-bond acceptors (Lipinski definition) is 3. The molecule has 0 bridgehead atoms. The summed E-state index contributed by atoms with van der Waals surface area (Å²) in [7, 11) is -3.60. The van der Waals surface area contributed by atoms with Gasteiger partial charge in [-0.1, -0.05) is 24.3 Å². The van der Waals surface area contributed by atoms with Crippen LogP contribution in [0.15, 0.2) is 47.4 Å². The molecule has 1 aliphatic heterocycles. The minimum atomic E-state index is -3.60. The predicted octanol–water partition coefficient (Wildman–Crippen LogP) is 3.12. The Bertz CT molecular complexity index is 769. The fourth-order valence-electron chi connectivity index (χ4n) is 2.46. The monoisotopic (exact) mass is 303 g/mol. The standard InChI is InChI=1S/C16H17NO3S/c1-12-5-2-8-14(11-12)21(18,19)17-15-9-3-6-13-7-4-10-20-16(13)15/h2-3,5-6,8-9,11,17H,4,7,10H2,1H3. The van der Waals surface area contributed by atoms with Gasteiger partial charge >= 0.3 is 0 Å². The van der Waals surface area contributed by atoms with Gasteiger partial charge in [0.1, 0.15) is 5.75 Å². The first kappa shape index (κ1) is 13.9. The van der Waals surface area contributed by atoms with Crippen molar-refractivity contribution in [2.24, 2.45) is 0 Å². The quantitative estimate of drug-likeness (QED) is 0.948. The average molecular weight is 303 g/mol. The minimum Gasteiger partial charge on any atom is -0.491 e. The largest absolute Gasteiger partial charge is 0.491 e. The molecule has 1 aliphatic rings. The van der Waals surface area contributed by atoms with E-state index in [1.54, 1.807) is 24.3 Å². The van der Waals surface area contributed by atoms with Gasteiger partial charge in [-0.2, -0.15) is 0 Å². The number of para-hydroxylation sites is 1. The molecular formula is C16H17NO3S. The summed E-state index contributed by atoms with van der Waals surface area (Å²) >= 11 is 0. The Kier molecular flexibility index (Phi) is 3.59. The molecule has 0 fully saturated rings. The summed E-state index contributed by atoms with van der Waals surface area (Å²) in [5.41, 5.74) is 2.46. The molecule has 0 saturated heterocycles. The molecule has 4 nitrogen and oxygen atoms in total. The van der Waals surface area contributed by atoms with E-state index in [1.807, 2.05) is 25.1 Å². The zero-order valence-electron chi connectivity index (χ0n) is 11.8. The third-order valence-electron chi connectivity index (χ3n) is 3.48. The van der Waals surface area contributed by atoms with Crippen LogP contribution in [-0.2, 0) is 16.4 Å². The second kappa shape index (κ2) is 5.41. The highest BCUT2D eigenvalue weighted by molar-refractivity contribution is 7.92. The van der Waals surface area contributed by atoms with Crippen LogP contribution in [0.25, 0.3) is 0 Å². The van der Waals surface area contributed by atoms with Crippen LogP contribution in [-0.4, -0.2) is 15.0 Å². The Morgan fingerprint density at radius 3 is 2.76 bits per heavy atom. The fraction of sp³-hybridized carbons (Fsp3) is 0.250. The van der Waals surface area contributed by atoms with Crippen molar-refractivity contribution in [2.75, 3.05) is 11.3 Å².